The molecular weight excluding hydrogens is 448 g/mol. The molecule has 1 saturated carbocycles. The summed E-state index contributed by atoms with van der Waals surface area (Å²) >= 11 is 0. The van der Waals surface area contributed by atoms with Crippen LogP contribution in [0.15, 0.2) is 35.9 Å². The molecule has 0 aromatic heterocycles. The van der Waals surface area contributed by atoms with E-state index in [1.165, 1.54) is 0 Å². The van der Waals surface area contributed by atoms with Crippen LogP contribution in [0.5, 0.6) is 5.75 Å². The molecule has 190 valence electrons. The van der Waals surface area contributed by atoms with Crippen LogP contribution in [-0.2, 0) is 14.3 Å². The number of aliphatic hydroxyl groups excluding tert-OH is 2. The molecule has 0 spiro atoms. The van der Waals surface area contributed by atoms with Crippen LogP contribution in [0.2, 0.25) is 0 Å². The van der Waals surface area contributed by atoms with Gasteiger partial charge in [-0.25, -0.2) is 0 Å². The van der Waals surface area contributed by atoms with Gasteiger partial charge in [-0.3, -0.25) is 9.59 Å². The molecule has 2 aliphatic heterocycles. The van der Waals surface area contributed by atoms with Gasteiger partial charge in [0.05, 0.1) is 18.6 Å². The third-order valence-corrected chi connectivity index (χ3v) is 7.88. The van der Waals surface area contributed by atoms with E-state index in [2.05, 4.69) is 5.32 Å². The second kappa shape index (κ2) is 10.7. The van der Waals surface area contributed by atoms with Crippen molar-refractivity contribution in [3.05, 3.63) is 41.5 Å². The smallest absolute Gasteiger partial charge is 0.252 e. The Morgan fingerprint density at radius 2 is 1.83 bits per heavy atom. The minimum absolute atomic E-state index is 0.0211. The van der Waals surface area contributed by atoms with E-state index in [1.807, 2.05) is 29.2 Å². The number of aliphatic hydroxyl groups is 2. The first-order valence-corrected chi connectivity index (χ1v) is 13.1. The lowest BCUT2D eigenvalue weighted by Gasteiger charge is -2.44. The molecule has 5 rings (SSSR count). The number of nitrogens with zero attached hydrogens (tertiary/aromatic N) is 1. The number of hydrogen-bond acceptors (Lipinski definition) is 6. The van der Waals surface area contributed by atoms with E-state index in [9.17, 15) is 19.8 Å². The maximum atomic E-state index is 13.8. The third kappa shape index (κ3) is 4.71. The van der Waals surface area contributed by atoms with Crippen molar-refractivity contribution < 1.29 is 29.3 Å². The van der Waals surface area contributed by atoms with Crippen LogP contribution in [0.4, 0.5) is 0 Å². The summed E-state index contributed by atoms with van der Waals surface area (Å²) in [6, 6.07) is 6.81. The van der Waals surface area contributed by atoms with E-state index in [0.717, 1.165) is 50.5 Å². The highest BCUT2D eigenvalue weighted by molar-refractivity contribution is 5.96. The Morgan fingerprint density at radius 1 is 1.06 bits per heavy atom. The molecule has 8 nitrogen and oxygen atoms in total. The number of carbonyl (C=O) groups excluding carboxylic acids is 2. The first-order valence-electron chi connectivity index (χ1n) is 13.1. The maximum Gasteiger partial charge on any atom is 0.252 e. The highest BCUT2D eigenvalue weighted by Crippen LogP contribution is 2.47. The molecule has 35 heavy (non-hydrogen) atoms. The molecule has 5 atom stereocenters. The van der Waals surface area contributed by atoms with E-state index >= 15 is 0 Å². The van der Waals surface area contributed by atoms with Crippen molar-refractivity contribution >= 4 is 11.8 Å². The zero-order valence-electron chi connectivity index (χ0n) is 20.1. The van der Waals surface area contributed by atoms with Gasteiger partial charge in [0.1, 0.15) is 24.1 Å². The molecular formula is C27H36N2O6. The summed E-state index contributed by atoms with van der Waals surface area (Å²) in [5.41, 5.74) is 1.33. The number of fused-ring (bicyclic) bond motifs is 3. The van der Waals surface area contributed by atoms with Crippen LogP contribution in [0.25, 0.3) is 0 Å². The summed E-state index contributed by atoms with van der Waals surface area (Å²) in [7, 11) is 0. The molecule has 8 heteroatoms. The lowest BCUT2D eigenvalue weighted by atomic mass is 9.77. The van der Waals surface area contributed by atoms with E-state index in [1.54, 1.807) is 6.08 Å². The molecule has 2 fully saturated rings. The molecule has 0 radical (unpaired) electrons. The van der Waals surface area contributed by atoms with Gasteiger partial charge in [0, 0.05) is 30.3 Å². The number of rotatable bonds is 6. The van der Waals surface area contributed by atoms with Gasteiger partial charge in [0.15, 0.2) is 0 Å². The molecule has 1 saturated heterocycles. The topological polar surface area (TPSA) is 108 Å². The van der Waals surface area contributed by atoms with Gasteiger partial charge in [0.2, 0.25) is 5.91 Å². The maximum absolute atomic E-state index is 13.8. The second-order valence-electron chi connectivity index (χ2n) is 10.1. The number of carbonyl (C=O) groups is 2. The predicted molar refractivity (Wildman–Crippen MR) is 129 cm³/mol. The Labute approximate surface area is 206 Å². The van der Waals surface area contributed by atoms with Crippen molar-refractivity contribution in [1.29, 1.82) is 0 Å². The zero-order chi connectivity index (χ0) is 24.4. The van der Waals surface area contributed by atoms with Gasteiger partial charge in [-0.1, -0.05) is 43.9 Å². The minimum atomic E-state index is -0.990. The minimum Gasteiger partial charge on any atom is -0.486 e. The van der Waals surface area contributed by atoms with Crippen LogP contribution in [0.3, 0.4) is 0 Å². The van der Waals surface area contributed by atoms with Crippen molar-refractivity contribution in [2.24, 2.45) is 0 Å². The molecule has 5 unspecified atom stereocenters. The van der Waals surface area contributed by atoms with Crippen molar-refractivity contribution in [3.8, 4) is 5.75 Å². The van der Waals surface area contributed by atoms with Gasteiger partial charge in [-0.2, -0.15) is 0 Å². The van der Waals surface area contributed by atoms with Gasteiger partial charge in [-0.15, -0.1) is 0 Å². The number of nitrogens with one attached hydrogen (secondary N) is 1. The lowest BCUT2D eigenvalue weighted by Crippen LogP contribution is -2.60. The first-order chi connectivity index (χ1) is 17.1. The molecule has 2 heterocycles. The number of ether oxygens (including phenoxy) is 2. The van der Waals surface area contributed by atoms with Crippen LogP contribution in [0.1, 0.15) is 62.8 Å². The number of hydrogen-bond donors (Lipinski definition) is 3. The van der Waals surface area contributed by atoms with E-state index in [4.69, 9.17) is 9.47 Å². The van der Waals surface area contributed by atoms with E-state index in [0.29, 0.717) is 24.4 Å². The summed E-state index contributed by atoms with van der Waals surface area (Å²) in [6.07, 6.45) is 7.20. The Balaban J connectivity index is 1.55. The lowest BCUT2D eigenvalue weighted by molar-refractivity contribution is -0.150. The quantitative estimate of drug-likeness (QED) is 0.534. The highest BCUT2D eigenvalue weighted by Gasteiger charge is 2.52. The van der Waals surface area contributed by atoms with Crippen molar-refractivity contribution in [2.75, 3.05) is 19.8 Å². The van der Waals surface area contributed by atoms with Crippen LogP contribution in [0, 0.1) is 0 Å². The Hall–Kier alpha value is -2.42. The average molecular weight is 485 g/mol. The molecule has 4 aliphatic rings. The molecule has 1 aromatic rings. The Morgan fingerprint density at radius 3 is 2.54 bits per heavy atom. The summed E-state index contributed by atoms with van der Waals surface area (Å²) in [6.45, 7) is 0.526. The average Bonchev–Trinajstić information content (AvgIpc) is 3.47. The SMILES string of the molecule is O=C(NCCO)C1=CC(N(C(=O)C2CCCO2)C2CCCCCC2)C(O)C2Oc3ccccc3C12. The summed E-state index contributed by atoms with van der Waals surface area (Å²) in [5.74, 6) is -0.199. The van der Waals surface area contributed by atoms with Gasteiger partial charge >= 0.3 is 0 Å². The van der Waals surface area contributed by atoms with Crippen molar-refractivity contribution in [1.82, 2.24) is 10.2 Å². The summed E-state index contributed by atoms with van der Waals surface area (Å²) in [4.78, 5) is 29.0. The fourth-order valence-corrected chi connectivity index (χ4v) is 6.21. The number of benzene rings is 1. The van der Waals surface area contributed by atoms with Crippen molar-refractivity contribution in [3.63, 3.8) is 0 Å². The zero-order valence-corrected chi connectivity index (χ0v) is 20.1. The molecule has 2 amide bonds. The van der Waals surface area contributed by atoms with Crippen molar-refractivity contribution in [2.45, 2.75) is 87.7 Å². The highest BCUT2D eigenvalue weighted by atomic mass is 16.5. The standard InChI is InChI=1S/C27H36N2O6/c30-14-13-28-26(32)19-16-20(24(31)25-23(19)18-10-5-6-11-21(18)35-25)29(17-8-3-1-2-4-9-17)27(33)22-12-7-15-34-22/h5-6,10-11,16-17,20,22-25,30-31H,1-4,7-9,12-15H2,(H,28,32). The normalized spacial score (nSPS) is 30.5. The van der Waals surface area contributed by atoms with Gasteiger partial charge < -0.3 is 29.9 Å². The van der Waals surface area contributed by atoms with E-state index in [-0.39, 0.29) is 31.0 Å². The van der Waals surface area contributed by atoms with Gasteiger partial charge in [0.25, 0.3) is 5.91 Å². The molecule has 2 aliphatic carbocycles. The van der Waals surface area contributed by atoms with Crippen LogP contribution in [-0.4, -0.2) is 77.1 Å². The summed E-state index contributed by atoms with van der Waals surface area (Å²) in [5, 5.41) is 23.7. The number of amides is 2. The van der Waals surface area contributed by atoms with E-state index < -0.39 is 30.3 Å². The van der Waals surface area contributed by atoms with Gasteiger partial charge in [-0.05, 0) is 37.8 Å². The first kappa shape index (κ1) is 24.3. The fourth-order valence-electron chi connectivity index (χ4n) is 6.21. The Kier molecular flexibility index (Phi) is 7.41. The largest absolute Gasteiger partial charge is 0.486 e. The second-order valence-corrected chi connectivity index (χ2v) is 10.1. The van der Waals surface area contributed by atoms with Crippen LogP contribution < -0.4 is 10.1 Å². The predicted octanol–water partition coefficient (Wildman–Crippen LogP) is 2.04. The molecule has 1 aromatic carbocycles. The third-order valence-electron chi connectivity index (χ3n) is 7.88. The monoisotopic (exact) mass is 484 g/mol. The fraction of sp³-hybridized carbons (Fsp3) is 0.630. The number of para-hydroxylation sites is 1. The molecule has 3 N–H and O–H groups in total. The van der Waals surface area contributed by atoms with Crippen LogP contribution >= 0.6 is 0 Å². The summed E-state index contributed by atoms with van der Waals surface area (Å²) < 4.78 is 12.0. The Bertz CT molecular complexity index is 951. The molecule has 0 bridgehead atoms.